The molecule has 0 saturated carbocycles. The van der Waals surface area contributed by atoms with Gasteiger partial charge in [0.1, 0.15) is 0 Å². The van der Waals surface area contributed by atoms with E-state index >= 15 is 0 Å². The maximum atomic E-state index is 13.5. The Kier molecular flexibility index (Phi) is 5.02. The number of benzene rings is 3. The zero-order valence-corrected chi connectivity index (χ0v) is 18.0. The summed E-state index contributed by atoms with van der Waals surface area (Å²) in [6, 6.07) is 17.1. The summed E-state index contributed by atoms with van der Waals surface area (Å²) in [6.07, 6.45) is 0. The Morgan fingerprint density at radius 2 is 1.52 bits per heavy atom. The highest BCUT2D eigenvalue weighted by molar-refractivity contribution is 7.90. The van der Waals surface area contributed by atoms with Gasteiger partial charge in [-0.25, -0.2) is 17.4 Å². The predicted octanol–water partition coefficient (Wildman–Crippen LogP) is 5.94. The Morgan fingerprint density at radius 1 is 0.897 bits per heavy atom. The molecule has 0 bridgehead atoms. The molecule has 29 heavy (non-hydrogen) atoms. The van der Waals surface area contributed by atoms with Gasteiger partial charge in [-0.05, 0) is 55.8 Å². The number of aryl methyl sites for hydroxylation is 2. The molecule has 4 aromatic rings. The highest BCUT2D eigenvalue weighted by atomic mass is 35.5. The Balaban J connectivity index is 1.97. The van der Waals surface area contributed by atoms with Crippen LogP contribution in [0.3, 0.4) is 0 Å². The fourth-order valence-electron chi connectivity index (χ4n) is 3.04. The van der Waals surface area contributed by atoms with Crippen molar-refractivity contribution < 1.29 is 8.42 Å². The van der Waals surface area contributed by atoms with Crippen molar-refractivity contribution in [2.24, 2.45) is 0 Å². The number of halogens is 2. The van der Waals surface area contributed by atoms with Crippen LogP contribution in [0.25, 0.3) is 11.0 Å². The molecule has 3 aromatic carbocycles. The minimum absolute atomic E-state index is 0.112. The molecule has 0 atom stereocenters. The van der Waals surface area contributed by atoms with Crippen LogP contribution in [0.1, 0.15) is 11.1 Å². The Morgan fingerprint density at radius 3 is 2.17 bits per heavy atom. The van der Waals surface area contributed by atoms with Crippen LogP contribution in [0.5, 0.6) is 0 Å². The summed E-state index contributed by atoms with van der Waals surface area (Å²) in [5, 5.41) is 3.74. The van der Waals surface area contributed by atoms with E-state index in [9.17, 15) is 8.42 Å². The lowest BCUT2D eigenvalue weighted by atomic mass is 10.2. The van der Waals surface area contributed by atoms with Crippen LogP contribution in [0.4, 0.5) is 11.6 Å². The number of anilines is 2. The van der Waals surface area contributed by atoms with Crippen molar-refractivity contribution in [2.45, 2.75) is 18.7 Å². The third-order valence-electron chi connectivity index (χ3n) is 4.53. The van der Waals surface area contributed by atoms with Crippen molar-refractivity contribution in [1.82, 2.24) is 8.96 Å². The monoisotopic (exact) mass is 445 g/mol. The smallest absolute Gasteiger partial charge is 0.271 e. The van der Waals surface area contributed by atoms with E-state index in [4.69, 9.17) is 23.2 Å². The van der Waals surface area contributed by atoms with Crippen LogP contribution >= 0.6 is 23.2 Å². The van der Waals surface area contributed by atoms with Crippen molar-refractivity contribution in [1.29, 1.82) is 0 Å². The Hall–Kier alpha value is -2.54. The SMILES string of the molecule is Cc1ccc(S(=O)(=O)n2c(Nc3c(Cl)cccc3Cl)nc3cc(C)ccc32)cc1. The predicted molar refractivity (Wildman–Crippen MR) is 118 cm³/mol. The second-order valence-corrected chi connectivity index (χ2v) is 9.33. The van der Waals surface area contributed by atoms with E-state index in [-0.39, 0.29) is 10.8 Å². The number of aromatic nitrogens is 2. The Labute approximate surface area is 179 Å². The minimum atomic E-state index is -3.92. The summed E-state index contributed by atoms with van der Waals surface area (Å²) in [4.78, 5) is 4.68. The first kappa shape index (κ1) is 19.8. The van der Waals surface area contributed by atoms with Gasteiger partial charge < -0.3 is 5.32 Å². The van der Waals surface area contributed by atoms with Gasteiger partial charge in [-0.1, -0.05) is 53.0 Å². The highest BCUT2D eigenvalue weighted by Crippen LogP contribution is 2.35. The number of hydrogen-bond donors (Lipinski definition) is 1. The van der Waals surface area contributed by atoms with Crippen molar-refractivity contribution in [3.8, 4) is 0 Å². The van der Waals surface area contributed by atoms with Crippen LogP contribution in [-0.2, 0) is 10.0 Å². The normalized spacial score (nSPS) is 11.7. The summed E-state index contributed by atoms with van der Waals surface area (Å²) in [5.41, 5.74) is 3.34. The van der Waals surface area contributed by atoms with Gasteiger partial charge in [0.2, 0.25) is 5.95 Å². The van der Waals surface area contributed by atoms with E-state index in [1.807, 2.05) is 26.0 Å². The third-order valence-corrected chi connectivity index (χ3v) is 6.88. The first-order valence-electron chi connectivity index (χ1n) is 8.80. The van der Waals surface area contributed by atoms with E-state index < -0.39 is 10.0 Å². The minimum Gasteiger partial charge on any atom is -0.322 e. The molecule has 1 heterocycles. The van der Waals surface area contributed by atoms with Gasteiger partial charge in [0.05, 0.1) is 31.7 Å². The van der Waals surface area contributed by atoms with Crippen molar-refractivity contribution in [3.63, 3.8) is 0 Å². The van der Waals surface area contributed by atoms with E-state index in [0.717, 1.165) is 11.1 Å². The van der Waals surface area contributed by atoms with E-state index in [1.165, 1.54) is 3.97 Å². The Bertz CT molecular complexity index is 1310. The summed E-state index contributed by atoms with van der Waals surface area (Å²) in [6.45, 7) is 3.82. The maximum Gasteiger partial charge on any atom is 0.271 e. The molecule has 0 amide bonds. The lowest BCUT2D eigenvalue weighted by Crippen LogP contribution is -2.15. The average Bonchev–Trinajstić information content (AvgIpc) is 3.03. The molecule has 148 valence electrons. The molecular weight excluding hydrogens is 429 g/mol. The maximum absolute atomic E-state index is 13.5. The zero-order valence-electron chi connectivity index (χ0n) is 15.6. The topological polar surface area (TPSA) is 64.0 Å². The number of rotatable bonds is 4. The molecule has 0 fully saturated rings. The standard InChI is InChI=1S/C21H17Cl2N3O2S/c1-13-6-9-15(10-7-13)29(27,28)26-19-11-8-14(2)12-18(19)24-21(26)25-20-16(22)4-3-5-17(20)23/h3-12H,1-2H3,(H,24,25). The van der Waals surface area contributed by atoms with Crippen LogP contribution in [0.15, 0.2) is 65.6 Å². The first-order chi connectivity index (χ1) is 13.8. The molecule has 0 spiro atoms. The average molecular weight is 446 g/mol. The number of para-hydroxylation sites is 1. The van der Waals surface area contributed by atoms with E-state index in [0.29, 0.717) is 26.8 Å². The molecule has 0 aliphatic heterocycles. The summed E-state index contributed by atoms with van der Waals surface area (Å²) < 4.78 is 28.2. The fraction of sp³-hybridized carbons (Fsp3) is 0.0952. The van der Waals surface area contributed by atoms with Gasteiger partial charge in [0.25, 0.3) is 10.0 Å². The molecule has 0 saturated heterocycles. The molecule has 0 aliphatic carbocycles. The number of imidazole rings is 1. The van der Waals surface area contributed by atoms with E-state index in [1.54, 1.807) is 48.5 Å². The summed E-state index contributed by atoms with van der Waals surface area (Å²) in [7, 11) is -3.92. The lowest BCUT2D eigenvalue weighted by molar-refractivity contribution is 0.589. The van der Waals surface area contributed by atoms with Crippen molar-refractivity contribution >= 4 is 55.9 Å². The molecule has 0 unspecified atom stereocenters. The molecule has 0 radical (unpaired) electrons. The second-order valence-electron chi connectivity index (χ2n) is 6.73. The molecule has 1 N–H and O–H groups in total. The van der Waals surface area contributed by atoms with Crippen LogP contribution in [0, 0.1) is 13.8 Å². The molecule has 1 aromatic heterocycles. The molecular formula is C21H17Cl2N3O2S. The number of nitrogens with zero attached hydrogens (tertiary/aromatic N) is 2. The number of fused-ring (bicyclic) bond motifs is 1. The summed E-state index contributed by atoms with van der Waals surface area (Å²) in [5.74, 6) is 0.112. The van der Waals surface area contributed by atoms with Crippen LogP contribution in [-0.4, -0.2) is 17.4 Å². The molecule has 8 heteroatoms. The van der Waals surface area contributed by atoms with Gasteiger partial charge in [-0.3, -0.25) is 0 Å². The molecule has 5 nitrogen and oxygen atoms in total. The second kappa shape index (κ2) is 7.37. The van der Waals surface area contributed by atoms with E-state index in [2.05, 4.69) is 10.3 Å². The quantitative estimate of drug-likeness (QED) is 0.421. The number of nitrogens with one attached hydrogen (secondary N) is 1. The molecule has 4 rings (SSSR count). The number of hydrogen-bond acceptors (Lipinski definition) is 4. The third kappa shape index (κ3) is 3.59. The summed E-state index contributed by atoms with van der Waals surface area (Å²) >= 11 is 12.5. The first-order valence-corrected chi connectivity index (χ1v) is 11.0. The van der Waals surface area contributed by atoms with Gasteiger partial charge >= 0.3 is 0 Å². The van der Waals surface area contributed by atoms with Gasteiger partial charge in [0, 0.05) is 0 Å². The van der Waals surface area contributed by atoms with Crippen LogP contribution < -0.4 is 5.32 Å². The van der Waals surface area contributed by atoms with Crippen LogP contribution in [0.2, 0.25) is 10.0 Å². The van der Waals surface area contributed by atoms with Gasteiger partial charge in [-0.15, -0.1) is 0 Å². The molecule has 0 aliphatic rings. The van der Waals surface area contributed by atoms with Gasteiger partial charge in [-0.2, -0.15) is 0 Å². The zero-order chi connectivity index (χ0) is 20.8. The lowest BCUT2D eigenvalue weighted by Gasteiger charge is -2.13. The largest absolute Gasteiger partial charge is 0.322 e. The fourth-order valence-corrected chi connectivity index (χ4v) is 4.95. The van der Waals surface area contributed by atoms with Gasteiger partial charge in [0.15, 0.2) is 0 Å². The highest BCUT2D eigenvalue weighted by Gasteiger charge is 2.25. The van der Waals surface area contributed by atoms with Crippen molar-refractivity contribution in [2.75, 3.05) is 5.32 Å². The van der Waals surface area contributed by atoms with Crippen molar-refractivity contribution in [3.05, 3.63) is 81.8 Å².